The van der Waals surface area contributed by atoms with Crippen molar-refractivity contribution in [1.82, 2.24) is 20.1 Å². The number of nitrogens with one attached hydrogen (secondary N) is 2. The zero-order chi connectivity index (χ0) is 18.6. The molecule has 1 aromatic heterocycles. The van der Waals surface area contributed by atoms with E-state index in [2.05, 4.69) is 20.7 Å². The van der Waals surface area contributed by atoms with Crippen LogP contribution in [0.2, 0.25) is 0 Å². The molecule has 0 spiro atoms. The van der Waals surface area contributed by atoms with Gasteiger partial charge in [-0.25, -0.2) is 9.67 Å². The van der Waals surface area contributed by atoms with Crippen LogP contribution in [0.15, 0.2) is 61.2 Å². The van der Waals surface area contributed by atoms with Gasteiger partial charge in [-0.15, -0.1) is 0 Å². The Hall–Kier alpha value is -3.48. The van der Waals surface area contributed by atoms with Gasteiger partial charge >= 0.3 is 0 Å². The molecule has 1 atom stereocenters. The topological polar surface area (TPSA) is 88.9 Å². The van der Waals surface area contributed by atoms with Crippen LogP contribution in [0, 0.1) is 0 Å². The Labute approximate surface area is 156 Å². The van der Waals surface area contributed by atoms with Crippen LogP contribution >= 0.6 is 0 Å². The van der Waals surface area contributed by atoms with Crippen molar-refractivity contribution in [3.8, 4) is 0 Å². The smallest absolute Gasteiger partial charge is 0.228 e. The highest BCUT2D eigenvalue weighted by Crippen LogP contribution is 2.32. The number of hydrogen-bond donors (Lipinski definition) is 2. The Morgan fingerprint density at radius 2 is 1.93 bits per heavy atom. The summed E-state index contributed by atoms with van der Waals surface area (Å²) in [7, 11) is 0. The summed E-state index contributed by atoms with van der Waals surface area (Å²) in [5.41, 5.74) is 3.68. The molecule has 7 nitrogen and oxygen atoms in total. The zero-order valence-electron chi connectivity index (χ0n) is 14.6. The summed E-state index contributed by atoms with van der Waals surface area (Å²) in [6.07, 6.45) is 3.35. The molecule has 1 unspecified atom stereocenters. The van der Waals surface area contributed by atoms with Crippen LogP contribution in [0.1, 0.15) is 29.0 Å². The molecule has 0 aliphatic carbocycles. The lowest BCUT2D eigenvalue weighted by molar-refractivity contribution is -0.126. The van der Waals surface area contributed by atoms with Crippen molar-refractivity contribution in [2.24, 2.45) is 0 Å². The first kappa shape index (κ1) is 17.0. The second-order valence-corrected chi connectivity index (χ2v) is 6.52. The van der Waals surface area contributed by atoms with Crippen LogP contribution in [-0.2, 0) is 22.7 Å². The summed E-state index contributed by atoms with van der Waals surface area (Å²) >= 11 is 0. The fraction of sp³-hybridized carbons (Fsp3) is 0.200. The second-order valence-electron chi connectivity index (χ2n) is 6.52. The third kappa shape index (κ3) is 3.87. The van der Waals surface area contributed by atoms with Gasteiger partial charge in [0.15, 0.2) is 0 Å². The van der Waals surface area contributed by atoms with E-state index in [1.807, 2.05) is 48.5 Å². The number of benzene rings is 2. The average molecular weight is 361 g/mol. The maximum Gasteiger partial charge on any atom is 0.228 e. The predicted octanol–water partition coefficient (Wildman–Crippen LogP) is 2.07. The lowest BCUT2D eigenvalue weighted by Gasteiger charge is -2.24. The Kier molecular flexibility index (Phi) is 4.65. The van der Waals surface area contributed by atoms with Gasteiger partial charge in [0, 0.05) is 18.7 Å². The first-order valence-corrected chi connectivity index (χ1v) is 8.76. The van der Waals surface area contributed by atoms with Gasteiger partial charge in [-0.3, -0.25) is 9.59 Å². The van der Waals surface area contributed by atoms with Crippen molar-refractivity contribution in [3.63, 3.8) is 0 Å². The monoisotopic (exact) mass is 361 g/mol. The molecule has 2 amide bonds. The average Bonchev–Trinajstić information content (AvgIpc) is 3.19. The third-order valence-electron chi connectivity index (χ3n) is 4.62. The first-order valence-electron chi connectivity index (χ1n) is 8.76. The summed E-state index contributed by atoms with van der Waals surface area (Å²) in [5, 5.41) is 9.85. The summed E-state index contributed by atoms with van der Waals surface area (Å²) in [6, 6.07) is 15.4. The van der Waals surface area contributed by atoms with Crippen molar-refractivity contribution >= 4 is 17.5 Å². The van der Waals surface area contributed by atoms with Crippen LogP contribution in [0.4, 0.5) is 5.69 Å². The molecule has 2 heterocycles. The Morgan fingerprint density at radius 3 is 2.70 bits per heavy atom. The number of fused-ring (bicyclic) bond motifs is 1. The van der Waals surface area contributed by atoms with E-state index in [4.69, 9.17) is 0 Å². The molecule has 1 aliphatic heterocycles. The molecule has 3 aromatic rings. The highest BCUT2D eigenvalue weighted by atomic mass is 16.2. The summed E-state index contributed by atoms with van der Waals surface area (Å²) in [6.45, 7) is 1.07. The maximum absolute atomic E-state index is 12.6. The largest absolute Gasteiger partial charge is 0.351 e. The number of rotatable bonds is 5. The SMILES string of the molecule is O=C1CC(C(=O)NCc2ccc(Cn3cncn3)cc2)c2ccccc2N1. The zero-order valence-corrected chi connectivity index (χ0v) is 14.6. The quantitative estimate of drug-likeness (QED) is 0.728. The lowest BCUT2D eigenvalue weighted by atomic mass is 9.90. The highest BCUT2D eigenvalue weighted by molar-refractivity contribution is 6.01. The minimum atomic E-state index is -0.457. The van der Waals surface area contributed by atoms with Crippen LogP contribution in [0.3, 0.4) is 0 Å². The Balaban J connectivity index is 1.39. The van der Waals surface area contributed by atoms with Gasteiger partial charge in [-0.1, -0.05) is 42.5 Å². The molecule has 7 heteroatoms. The molecule has 0 saturated carbocycles. The van der Waals surface area contributed by atoms with Crippen molar-refractivity contribution < 1.29 is 9.59 Å². The van der Waals surface area contributed by atoms with Crippen LogP contribution in [0.5, 0.6) is 0 Å². The van der Waals surface area contributed by atoms with Crippen molar-refractivity contribution in [2.45, 2.75) is 25.4 Å². The standard InChI is InChI=1S/C20H19N5O2/c26-19-9-17(16-3-1-2-4-18(16)24-19)20(27)22-10-14-5-7-15(8-6-14)11-25-13-21-12-23-25/h1-8,12-13,17H,9-11H2,(H,22,27)(H,24,26). The van der Waals surface area contributed by atoms with E-state index in [1.54, 1.807) is 11.0 Å². The van der Waals surface area contributed by atoms with Crippen LogP contribution in [-0.4, -0.2) is 26.6 Å². The number of anilines is 1. The number of hydrogen-bond acceptors (Lipinski definition) is 4. The van der Waals surface area contributed by atoms with Gasteiger partial charge in [0.1, 0.15) is 12.7 Å². The van der Waals surface area contributed by atoms with Crippen molar-refractivity contribution in [2.75, 3.05) is 5.32 Å². The van der Waals surface area contributed by atoms with Gasteiger partial charge < -0.3 is 10.6 Å². The molecule has 0 saturated heterocycles. The minimum Gasteiger partial charge on any atom is -0.351 e. The predicted molar refractivity (Wildman–Crippen MR) is 99.8 cm³/mol. The normalized spacial score (nSPS) is 15.7. The fourth-order valence-electron chi connectivity index (χ4n) is 3.22. The molecule has 0 bridgehead atoms. The molecule has 27 heavy (non-hydrogen) atoms. The maximum atomic E-state index is 12.6. The number of carbonyl (C=O) groups excluding carboxylic acids is 2. The molecular weight excluding hydrogens is 342 g/mol. The summed E-state index contributed by atoms with van der Waals surface area (Å²) < 4.78 is 1.75. The molecule has 4 rings (SSSR count). The fourth-order valence-corrected chi connectivity index (χ4v) is 3.22. The van der Waals surface area contributed by atoms with Gasteiger partial charge in [0.05, 0.1) is 12.5 Å². The lowest BCUT2D eigenvalue weighted by Crippen LogP contribution is -2.34. The third-order valence-corrected chi connectivity index (χ3v) is 4.62. The van der Waals surface area contributed by atoms with Crippen LogP contribution < -0.4 is 10.6 Å². The Morgan fingerprint density at radius 1 is 1.15 bits per heavy atom. The Bertz CT molecular complexity index is 951. The van der Waals surface area contributed by atoms with E-state index in [-0.39, 0.29) is 18.2 Å². The van der Waals surface area contributed by atoms with E-state index in [9.17, 15) is 9.59 Å². The summed E-state index contributed by atoms with van der Waals surface area (Å²) in [4.78, 5) is 28.5. The molecule has 2 N–H and O–H groups in total. The molecular formula is C20H19N5O2. The molecule has 1 aliphatic rings. The van der Waals surface area contributed by atoms with Gasteiger partial charge in [0.25, 0.3) is 0 Å². The molecule has 2 aromatic carbocycles. The summed E-state index contributed by atoms with van der Waals surface area (Å²) in [5.74, 6) is -0.725. The van der Waals surface area contributed by atoms with Crippen molar-refractivity contribution in [1.29, 1.82) is 0 Å². The van der Waals surface area contributed by atoms with Crippen molar-refractivity contribution in [3.05, 3.63) is 77.9 Å². The molecule has 0 fully saturated rings. The number of nitrogens with zero attached hydrogens (tertiary/aromatic N) is 3. The van der Waals surface area contributed by atoms with Gasteiger partial charge in [0.2, 0.25) is 11.8 Å². The highest BCUT2D eigenvalue weighted by Gasteiger charge is 2.30. The minimum absolute atomic E-state index is 0.133. The number of carbonyl (C=O) groups is 2. The number of para-hydroxylation sites is 1. The van der Waals surface area contributed by atoms with E-state index in [0.717, 1.165) is 16.7 Å². The first-order chi connectivity index (χ1) is 13.2. The second kappa shape index (κ2) is 7.41. The van der Waals surface area contributed by atoms with E-state index < -0.39 is 5.92 Å². The molecule has 0 radical (unpaired) electrons. The number of amides is 2. The number of aromatic nitrogens is 3. The van der Waals surface area contributed by atoms with Gasteiger partial charge in [-0.2, -0.15) is 5.10 Å². The molecule has 136 valence electrons. The van der Waals surface area contributed by atoms with E-state index >= 15 is 0 Å². The van der Waals surface area contributed by atoms with Gasteiger partial charge in [-0.05, 0) is 22.8 Å². The van der Waals surface area contributed by atoms with E-state index in [0.29, 0.717) is 18.8 Å². The van der Waals surface area contributed by atoms with Crippen LogP contribution in [0.25, 0.3) is 0 Å². The van der Waals surface area contributed by atoms with E-state index in [1.165, 1.54) is 6.33 Å².